The van der Waals surface area contributed by atoms with E-state index >= 15 is 0 Å². The van der Waals surface area contributed by atoms with Crippen molar-refractivity contribution in [2.75, 3.05) is 13.1 Å². The smallest absolute Gasteiger partial charge is 0.241 e. The minimum absolute atomic E-state index is 0.0995. The molecule has 1 aromatic rings. The Morgan fingerprint density at radius 2 is 2.28 bits per heavy atom. The lowest BCUT2D eigenvalue weighted by molar-refractivity contribution is -0.123. The minimum Gasteiger partial charge on any atom is -0.354 e. The number of carbonyl (C=O) groups is 1. The van der Waals surface area contributed by atoms with Gasteiger partial charge in [0.15, 0.2) is 0 Å². The van der Waals surface area contributed by atoms with Gasteiger partial charge in [0, 0.05) is 13.1 Å². The van der Waals surface area contributed by atoms with E-state index in [1.807, 2.05) is 12.1 Å². The third-order valence-corrected chi connectivity index (χ3v) is 3.69. The van der Waals surface area contributed by atoms with E-state index in [9.17, 15) is 4.79 Å². The molecule has 3 nitrogen and oxygen atoms in total. The predicted octanol–water partition coefficient (Wildman–Crippen LogP) is 2.04. The molecule has 2 unspecified atom stereocenters. The van der Waals surface area contributed by atoms with Crippen LogP contribution in [-0.2, 0) is 11.2 Å². The first-order valence-electron chi connectivity index (χ1n) is 6.81. The molecule has 1 amide bonds. The van der Waals surface area contributed by atoms with Gasteiger partial charge in [-0.15, -0.1) is 0 Å². The van der Waals surface area contributed by atoms with E-state index < -0.39 is 0 Å². The van der Waals surface area contributed by atoms with Crippen molar-refractivity contribution < 1.29 is 4.79 Å². The van der Waals surface area contributed by atoms with Crippen molar-refractivity contribution in [3.8, 4) is 0 Å². The van der Waals surface area contributed by atoms with E-state index in [1.165, 1.54) is 5.56 Å². The lowest BCUT2D eigenvalue weighted by Crippen LogP contribution is -2.42. The molecule has 2 rings (SSSR count). The summed E-state index contributed by atoms with van der Waals surface area (Å²) in [5.41, 5.74) is 2.42. The average molecular weight is 246 g/mol. The van der Waals surface area contributed by atoms with Crippen molar-refractivity contribution in [2.45, 2.75) is 32.7 Å². The van der Waals surface area contributed by atoms with Gasteiger partial charge in [0.05, 0.1) is 0 Å². The van der Waals surface area contributed by atoms with Gasteiger partial charge in [-0.25, -0.2) is 0 Å². The van der Waals surface area contributed by atoms with Gasteiger partial charge in [0.25, 0.3) is 0 Å². The van der Waals surface area contributed by atoms with Crippen LogP contribution in [0.15, 0.2) is 24.3 Å². The first-order chi connectivity index (χ1) is 8.72. The SMILES string of the molecule is CCC(C)CNC(=O)C1NCCc2ccccc21. The zero-order chi connectivity index (χ0) is 13.0. The van der Waals surface area contributed by atoms with Crippen LogP contribution in [0.4, 0.5) is 0 Å². The Kier molecular flexibility index (Phi) is 4.37. The fourth-order valence-electron chi connectivity index (χ4n) is 2.26. The van der Waals surface area contributed by atoms with Crippen LogP contribution >= 0.6 is 0 Å². The Labute approximate surface area is 109 Å². The van der Waals surface area contributed by atoms with E-state index in [4.69, 9.17) is 0 Å². The van der Waals surface area contributed by atoms with Gasteiger partial charge < -0.3 is 10.6 Å². The maximum Gasteiger partial charge on any atom is 0.241 e. The van der Waals surface area contributed by atoms with Crippen LogP contribution in [0, 0.1) is 5.92 Å². The van der Waals surface area contributed by atoms with Crippen molar-refractivity contribution in [3.05, 3.63) is 35.4 Å². The summed E-state index contributed by atoms with van der Waals surface area (Å²) in [4.78, 5) is 12.2. The molecular formula is C15H22N2O. The lowest BCUT2D eigenvalue weighted by Gasteiger charge is -2.26. The molecule has 1 aliphatic rings. The van der Waals surface area contributed by atoms with Crippen molar-refractivity contribution in [2.24, 2.45) is 5.92 Å². The molecular weight excluding hydrogens is 224 g/mol. The molecule has 0 fully saturated rings. The molecule has 98 valence electrons. The van der Waals surface area contributed by atoms with Crippen molar-refractivity contribution in [3.63, 3.8) is 0 Å². The Morgan fingerprint density at radius 3 is 3.06 bits per heavy atom. The third kappa shape index (κ3) is 2.91. The Bertz CT molecular complexity index is 417. The summed E-state index contributed by atoms with van der Waals surface area (Å²) in [6, 6.07) is 8.03. The maximum atomic E-state index is 12.2. The highest BCUT2D eigenvalue weighted by molar-refractivity contribution is 5.83. The molecule has 1 aromatic carbocycles. The summed E-state index contributed by atoms with van der Waals surface area (Å²) < 4.78 is 0. The topological polar surface area (TPSA) is 41.1 Å². The molecule has 0 bridgehead atoms. The van der Waals surface area contributed by atoms with Gasteiger partial charge in [-0.2, -0.15) is 0 Å². The molecule has 0 saturated carbocycles. The molecule has 0 spiro atoms. The number of fused-ring (bicyclic) bond motifs is 1. The van der Waals surface area contributed by atoms with Crippen LogP contribution in [-0.4, -0.2) is 19.0 Å². The Balaban J connectivity index is 2.04. The fourth-order valence-corrected chi connectivity index (χ4v) is 2.26. The van der Waals surface area contributed by atoms with E-state index in [2.05, 4.69) is 36.6 Å². The molecule has 0 saturated heterocycles. The van der Waals surface area contributed by atoms with E-state index in [0.717, 1.165) is 31.5 Å². The van der Waals surface area contributed by atoms with Crippen LogP contribution in [0.2, 0.25) is 0 Å². The van der Waals surface area contributed by atoms with Crippen LogP contribution < -0.4 is 10.6 Å². The molecule has 3 heteroatoms. The van der Waals surface area contributed by atoms with E-state index in [0.29, 0.717) is 5.92 Å². The van der Waals surface area contributed by atoms with Crippen LogP contribution in [0.3, 0.4) is 0 Å². The molecule has 2 N–H and O–H groups in total. The summed E-state index contributed by atoms with van der Waals surface area (Å²) in [7, 11) is 0. The maximum absolute atomic E-state index is 12.2. The predicted molar refractivity (Wildman–Crippen MR) is 73.4 cm³/mol. The normalized spacial score (nSPS) is 20.0. The van der Waals surface area contributed by atoms with Gasteiger partial charge >= 0.3 is 0 Å². The van der Waals surface area contributed by atoms with E-state index in [-0.39, 0.29) is 11.9 Å². The number of carbonyl (C=O) groups excluding carboxylic acids is 1. The number of nitrogens with one attached hydrogen (secondary N) is 2. The molecule has 0 aliphatic carbocycles. The second kappa shape index (κ2) is 6.01. The lowest BCUT2D eigenvalue weighted by atomic mass is 9.94. The number of hydrogen-bond acceptors (Lipinski definition) is 2. The summed E-state index contributed by atoms with van der Waals surface area (Å²) in [5, 5.41) is 6.35. The monoisotopic (exact) mass is 246 g/mol. The molecule has 2 atom stereocenters. The average Bonchev–Trinajstić information content (AvgIpc) is 2.43. The summed E-state index contributed by atoms with van der Waals surface area (Å²) >= 11 is 0. The van der Waals surface area contributed by atoms with Gasteiger partial charge in [-0.05, 0) is 23.5 Å². The van der Waals surface area contributed by atoms with Gasteiger partial charge in [-0.1, -0.05) is 44.5 Å². The number of benzene rings is 1. The van der Waals surface area contributed by atoms with Gasteiger partial charge in [0.1, 0.15) is 6.04 Å². The summed E-state index contributed by atoms with van der Waals surface area (Å²) in [6.45, 7) is 5.93. The van der Waals surface area contributed by atoms with Crippen LogP contribution in [0.1, 0.15) is 37.4 Å². The van der Waals surface area contributed by atoms with Crippen LogP contribution in [0.5, 0.6) is 0 Å². The largest absolute Gasteiger partial charge is 0.354 e. The third-order valence-electron chi connectivity index (χ3n) is 3.69. The first kappa shape index (κ1) is 13.1. The van der Waals surface area contributed by atoms with Gasteiger partial charge in [-0.3, -0.25) is 4.79 Å². The van der Waals surface area contributed by atoms with Crippen molar-refractivity contribution in [1.82, 2.24) is 10.6 Å². The highest BCUT2D eigenvalue weighted by Gasteiger charge is 2.25. The molecule has 1 aliphatic heterocycles. The molecule has 1 heterocycles. The molecule has 0 aromatic heterocycles. The Morgan fingerprint density at radius 1 is 1.50 bits per heavy atom. The number of amides is 1. The van der Waals surface area contributed by atoms with Crippen LogP contribution in [0.25, 0.3) is 0 Å². The van der Waals surface area contributed by atoms with Gasteiger partial charge in [0.2, 0.25) is 5.91 Å². The zero-order valence-electron chi connectivity index (χ0n) is 11.2. The van der Waals surface area contributed by atoms with Crippen molar-refractivity contribution in [1.29, 1.82) is 0 Å². The molecule has 0 radical (unpaired) electrons. The minimum atomic E-state index is -0.181. The number of hydrogen-bond donors (Lipinski definition) is 2. The second-order valence-corrected chi connectivity index (χ2v) is 5.09. The quantitative estimate of drug-likeness (QED) is 0.853. The zero-order valence-corrected chi connectivity index (χ0v) is 11.2. The first-order valence-corrected chi connectivity index (χ1v) is 6.81. The van der Waals surface area contributed by atoms with Crippen molar-refractivity contribution >= 4 is 5.91 Å². The fraction of sp³-hybridized carbons (Fsp3) is 0.533. The second-order valence-electron chi connectivity index (χ2n) is 5.09. The Hall–Kier alpha value is -1.35. The molecule has 18 heavy (non-hydrogen) atoms. The highest BCUT2D eigenvalue weighted by atomic mass is 16.2. The summed E-state index contributed by atoms with van der Waals surface area (Å²) in [6.07, 6.45) is 2.10. The summed E-state index contributed by atoms with van der Waals surface area (Å²) in [5.74, 6) is 0.634. The van der Waals surface area contributed by atoms with E-state index in [1.54, 1.807) is 0 Å². The standard InChI is InChI=1S/C15H22N2O/c1-3-11(2)10-17-15(18)14-13-7-5-4-6-12(13)8-9-16-14/h4-7,11,14,16H,3,8-10H2,1-2H3,(H,17,18). The number of rotatable bonds is 4. The highest BCUT2D eigenvalue weighted by Crippen LogP contribution is 2.22.